The molecule has 4 rings (SSSR count). The lowest BCUT2D eigenvalue weighted by molar-refractivity contribution is 1.09. The first kappa shape index (κ1) is 11.9. The number of para-hydroxylation sites is 1. The van der Waals surface area contributed by atoms with Crippen molar-refractivity contribution >= 4 is 11.0 Å². The number of hydrogen-bond donors (Lipinski definition) is 0. The molecule has 0 unspecified atom stereocenters. The summed E-state index contributed by atoms with van der Waals surface area (Å²) in [6, 6.07) is 20.6. The van der Waals surface area contributed by atoms with E-state index in [4.69, 9.17) is 0 Å². The molecule has 0 aliphatic heterocycles. The van der Waals surface area contributed by atoms with Crippen LogP contribution in [-0.4, -0.2) is 14.5 Å². The maximum atomic E-state index is 4.48. The van der Waals surface area contributed by atoms with E-state index in [1.54, 1.807) is 0 Å². The molecule has 3 heteroatoms. The lowest BCUT2D eigenvalue weighted by atomic mass is 10.1. The summed E-state index contributed by atoms with van der Waals surface area (Å²) in [5.41, 5.74) is 5.55. The fraction of sp³-hybridized carbons (Fsp3) is 0. The highest BCUT2D eigenvalue weighted by atomic mass is 15.0. The normalized spacial score (nSPS) is 10.9. The number of benzene rings is 2. The molecule has 0 radical (unpaired) electrons. The molecule has 2 aromatic carbocycles. The van der Waals surface area contributed by atoms with E-state index >= 15 is 0 Å². The van der Waals surface area contributed by atoms with Gasteiger partial charge in [-0.05, 0) is 47.5 Å². The SMILES string of the molecule is c1ccc(-n2cnc3ccc(-c4ccncc4)cc32)cc1. The van der Waals surface area contributed by atoms with Gasteiger partial charge in [0, 0.05) is 18.1 Å². The van der Waals surface area contributed by atoms with Crippen molar-refractivity contribution in [3.05, 3.63) is 79.4 Å². The van der Waals surface area contributed by atoms with Gasteiger partial charge in [-0.3, -0.25) is 9.55 Å². The molecular weight excluding hydrogens is 258 g/mol. The van der Waals surface area contributed by atoms with Crippen LogP contribution in [0, 0.1) is 0 Å². The van der Waals surface area contributed by atoms with E-state index in [1.165, 1.54) is 5.56 Å². The molecule has 0 N–H and O–H groups in total. The van der Waals surface area contributed by atoms with Crippen LogP contribution in [0.2, 0.25) is 0 Å². The minimum Gasteiger partial charge on any atom is -0.299 e. The van der Waals surface area contributed by atoms with E-state index in [9.17, 15) is 0 Å². The largest absolute Gasteiger partial charge is 0.299 e. The summed E-state index contributed by atoms with van der Waals surface area (Å²) in [6.07, 6.45) is 5.50. The van der Waals surface area contributed by atoms with Crippen molar-refractivity contribution in [1.82, 2.24) is 14.5 Å². The van der Waals surface area contributed by atoms with Gasteiger partial charge in [-0.15, -0.1) is 0 Å². The van der Waals surface area contributed by atoms with Gasteiger partial charge in [-0.25, -0.2) is 4.98 Å². The number of hydrogen-bond acceptors (Lipinski definition) is 2. The Morgan fingerprint density at radius 1 is 0.762 bits per heavy atom. The molecule has 4 aromatic rings. The Kier molecular flexibility index (Phi) is 2.75. The number of fused-ring (bicyclic) bond motifs is 1. The lowest BCUT2D eigenvalue weighted by Gasteiger charge is -2.06. The molecule has 0 aliphatic rings. The summed E-state index contributed by atoms with van der Waals surface area (Å²) in [7, 11) is 0. The first-order valence-corrected chi connectivity index (χ1v) is 6.85. The second-order valence-electron chi connectivity index (χ2n) is 4.89. The Hall–Kier alpha value is -2.94. The van der Waals surface area contributed by atoms with Gasteiger partial charge in [0.05, 0.1) is 11.0 Å². The van der Waals surface area contributed by atoms with Crippen LogP contribution in [0.3, 0.4) is 0 Å². The average molecular weight is 271 g/mol. The molecule has 2 heterocycles. The minimum absolute atomic E-state index is 0.997. The van der Waals surface area contributed by atoms with E-state index in [-0.39, 0.29) is 0 Å². The summed E-state index contributed by atoms with van der Waals surface area (Å²) < 4.78 is 2.11. The van der Waals surface area contributed by atoms with E-state index < -0.39 is 0 Å². The lowest BCUT2D eigenvalue weighted by Crippen LogP contribution is -1.91. The van der Waals surface area contributed by atoms with Crippen LogP contribution in [0.5, 0.6) is 0 Å². The van der Waals surface area contributed by atoms with Crippen molar-refractivity contribution in [2.45, 2.75) is 0 Å². The summed E-state index contributed by atoms with van der Waals surface area (Å²) in [4.78, 5) is 8.55. The van der Waals surface area contributed by atoms with Crippen LogP contribution in [0.4, 0.5) is 0 Å². The van der Waals surface area contributed by atoms with E-state index in [2.05, 4.69) is 44.9 Å². The minimum atomic E-state index is 0.997. The van der Waals surface area contributed by atoms with Gasteiger partial charge in [0.1, 0.15) is 6.33 Å². The standard InChI is InChI=1S/C18H13N3/c1-2-4-16(5-3-1)21-13-20-17-7-6-15(12-18(17)21)14-8-10-19-11-9-14/h1-13H. The van der Waals surface area contributed by atoms with Crippen molar-refractivity contribution in [2.75, 3.05) is 0 Å². The molecule has 0 amide bonds. The molecular formula is C18H13N3. The first-order chi connectivity index (χ1) is 10.4. The Balaban J connectivity index is 1.91. The van der Waals surface area contributed by atoms with Crippen LogP contribution >= 0.6 is 0 Å². The highest BCUT2D eigenvalue weighted by Crippen LogP contribution is 2.25. The van der Waals surface area contributed by atoms with Gasteiger partial charge in [-0.2, -0.15) is 0 Å². The molecule has 0 spiro atoms. The summed E-state index contributed by atoms with van der Waals surface area (Å²) in [5, 5.41) is 0. The Bertz CT molecular complexity index is 880. The fourth-order valence-corrected chi connectivity index (χ4v) is 2.53. The van der Waals surface area contributed by atoms with E-state index in [0.29, 0.717) is 0 Å². The maximum Gasteiger partial charge on any atom is 0.100 e. The monoisotopic (exact) mass is 271 g/mol. The fourth-order valence-electron chi connectivity index (χ4n) is 2.53. The quantitative estimate of drug-likeness (QED) is 0.550. The van der Waals surface area contributed by atoms with Gasteiger partial charge in [-0.1, -0.05) is 24.3 Å². The molecule has 0 fully saturated rings. The van der Waals surface area contributed by atoms with Crippen molar-refractivity contribution in [3.8, 4) is 16.8 Å². The zero-order valence-electron chi connectivity index (χ0n) is 11.3. The Morgan fingerprint density at radius 3 is 2.38 bits per heavy atom. The van der Waals surface area contributed by atoms with Crippen LogP contribution < -0.4 is 0 Å². The molecule has 2 aromatic heterocycles. The van der Waals surface area contributed by atoms with Gasteiger partial charge in [0.25, 0.3) is 0 Å². The van der Waals surface area contributed by atoms with Gasteiger partial charge < -0.3 is 0 Å². The van der Waals surface area contributed by atoms with Crippen molar-refractivity contribution < 1.29 is 0 Å². The highest BCUT2D eigenvalue weighted by Gasteiger charge is 2.06. The molecule has 0 saturated heterocycles. The van der Waals surface area contributed by atoms with Crippen LogP contribution in [0.25, 0.3) is 27.8 Å². The van der Waals surface area contributed by atoms with E-state index in [1.807, 2.05) is 49.1 Å². The number of nitrogens with zero attached hydrogens (tertiary/aromatic N) is 3. The summed E-state index contributed by atoms with van der Waals surface area (Å²) in [5.74, 6) is 0. The van der Waals surface area contributed by atoms with Crippen molar-refractivity contribution in [2.24, 2.45) is 0 Å². The van der Waals surface area contributed by atoms with Gasteiger partial charge in [0.2, 0.25) is 0 Å². The third-order valence-corrected chi connectivity index (χ3v) is 3.60. The topological polar surface area (TPSA) is 30.7 Å². The third kappa shape index (κ3) is 2.09. The smallest absolute Gasteiger partial charge is 0.100 e. The molecule has 0 aliphatic carbocycles. The number of pyridine rings is 1. The predicted octanol–water partition coefficient (Wildman–Crippen LogP) is 4.09. The molecule has 21 heavy (non-hydrogen) atoms. The average Bonchev–Trinajstić information content (AvgIpc) is 2.99. The van der Waals surface area contributed by atoms with Gasteiger partial charge >= 0.3 is 0 Å². The van der Waals surface area contributed by atoms with Crippen LogP contribution in [0.15, 0.2) is 79.4 Å². The van der Waals surface area contributed by atoms with Crippen LogP contribution in [-0.2, 0) is 0 Å². The molecule has 0 bridgehead atoms. The number of rotatable bonds is 2. The maximum absolute atomic E-state index is 4.48. The molecule has 0 atom stereocenters. The Labute approximate surface area is 122 Å². The van der Waals surface area contributed by atoms with Crippen molar-refractivity contribution in [3.63, 3.8) is 0 Å². The van der Waals surface area contributed by atoms with Crippen molar-refractivity contribution in [1.29, 1.82) is 0 Å². The molecule has 3 nitrogen and oxygen atoms in total. The second-order valence-corrected chi connectivity index (χ2v) is 4.89. The first-order valence-electron chi connectivity index (χ1n) is 6.85. The number of imidazole rings is 1. The third-order valence-electron chi connectivity index (χ3n) is 3.60. The molecule has 0 saturated carbocycles. The summed E-state index contributed by atoms with van der Waals surface area (Å²) in [6.45, 7) is 0. The number of aromatic nitrogens is 3. The van der Waals surface area contributed by atoms with Gasteiger partial charge in [0.15, 0.2) is 0 Å². The summed E-state index contributed by atoms with van der Waals surface area (Å²) >= 11 is 0. The van der Waals surface area contributed by atoms with Crippen LogP contribution in [0.1, 0.15) is 0 Å². The zero-order chi connectivity index (χ0) is 14.1. The highest BCUT2D eigenvalue weighted by molar-refractivity contribution is 5.83. The van der Waals surface area contributed by atoms with E-state index in [0.717, 1.165) is 22.3 Å². The Morgan fingerprint density at radius 2 is 1.57 bits per heavy atom. The predicted molar refractivity (Wildman–Crippen MR) is 84.3 cm³/mol. The second kappa shape index (κ2) is 4.87. The zero-order valence-corrected chi connectivity index (χ0v) is 11.3. The molecule has 100 valence electrons.